The maximum Gasteiger partial charge on any atom is 0.0361 e. The van der Waals surface area contributed by atoms with Crippen LogP contribution in [0.25, 0.3) is 6.08 Å². The van der Waals surface area contributed by atoms with Gasteiger partial charge in [-0.25, -0.2) is 0 Å². The van der Waals surface area contributed by atoms with Crippen LogP contribution in [0.4, 0.5) is 5.69 Å². The van der Waals surface area contributed by atoms with Crippen molar-refractivity contribution >= 4 is 11.8 Å². The van der Waals surface area contributed by atoms with Crippen LogP contribution in [0.5, 0.6) is 0 Å². The summed E-state index contributed by atoms with van der Waals surface area (Å²) in [7, 11) is 4.13. The van der Waals surface area contributed by atoms with Crippen molar-refractivity contribution in [2.45, 2.75) is 27.7 Å². The number of allylic oxidation sites excluding steroid dienone is 13. The lowest BCUT2D eigenvalue weighted by Gasteiger charge is -2.14. The Morgan fingerprint density at radius 2 is 1.64 bits per heavy atom. The third-order valence-corrected chi connectivity index (χ3v) is 5.34. The number of hydrogen-bond acceptors (Lipinski definition) is 1. The van der Waals surface area contributed by atoms with E-state index in [0.717, 1.165) is 0 Å². The van der Waals surface area contributed by atoms with E-state index in [0.29, 0.717) is 5.92 Å². The van der Waals surface area contributed by atoms with E-state index in [9.17, 15) is 0 Å². The molecular formula is C27H31N. The van der Waals surface area contributed by atoms with Gasteiger partial charge in [-0.15, -0.1) is 0 Å². The Bertz CT molecular complexity index is 952. The highest BCUT2D eigenvalue weighted by Crippen LogP contribution is 2.38. The van der Waals surface area contributed by atoms with Gasteiger partial charge in [0.25, 0.3) is 0 Å². The first-order valence-corrected chi connectivity index (χ1v) is 10.0. The quantitative estimate of drug-likeness (QED) is 0.550. The Balaban J connectivity index is 1.92. The molecule has 2 aliphatic rings. The van der Waals surface area contributed by atoms with Crippen LogP contribution >= 0.6 is 0 Å². The van der Waals surface area contributed by atoms with Gasteiger partial charge < -0.3 is 4.90 Å². The average Bonchev–Trinajstić information content (AvgIpc) is 2.94. The number of hydrogen-bond donors (Lipinski definition) is 0. The second-order valence-electron chi connectivity index (χ2n) is 8.09. The van der Waals surface area contributed by atoms with Crippen LogP contribution in [0.15, 0.2) is 100 Å². The zero-order valence-electron chi connectivity index (χ0n) is 18.0. The van der Waals surface area contributed by atoms with E-state index in [1.807, 2.05) is 0 Å². The van der Waals surface area contributed by atoms with Gasteiger partial charge in [0.05, 0.1) is 0 Å². The Labute approximate surface area is 170 Å². The maximum absolute atomic E-state index is 2.36. The van der Waals surface area contributed by atoms with Crippen LogP contribution in [0.2, 0.25) is 0 Å². The molecule has 0 aliphatic heterocycles. The monoisotopic (exact) mass is 369 g/mol. The average molecular weight is 370 g/mol. The van der Waals surface area contributed by atoms with E-state index in [1.54, 1.807) is 0 Å². The summed E-state index contributed by atoms with van der Waals surface area (Å²) in [5.41, 5.74) is 10.5. The summed E-state index contributed by atoms with van der Waals surface area (Å²) < 4.78 is 0. The molecule has 28 heavy (non-hydrogen) atoms. The van der Waals surface area contributed by atoms with Crippen LogP contribution in [0.1, 0.15) is 33.3 Å². The van der Waals surface area contributed by atoms with Gasteiger partial charge in [0.2, 0.25) is 0 Å². The van der Waals surface area contributed by atoms with Crippen molar-refractivity contribution in [2.24, 2.45) is 5.92 Å². The molecule has 0 saturated carbocycles. The molecule has 0 aromatic heterocycles. The smallest absolute Gasteiger partial charge is 0.0361 e. The zero-order chi connectivity index (χ0) is 20.3. The first-order valence-electron chi connectivity index (χ1n) is 10.0. The van der Waals surface area contributed by atoms with Crippen LogP contribution in [-0.4, -0.2) is 14.1 Å². The molecule has 2 aliphatic carbocycles. The van der Waals surface area contributed by atoms with Gasteiger partial charge in [-0.1, -0.05) is 74.6 Å². The Kier molecular flexibility index (Phi) is 6.04. The molecule has 0 atom stereocenters. The van der Waals surface area contributed by atoms with Gasteiger partial charge in [-0.3, -0.25) is 0 Å². The molecule has 0 spiro atoms. The summed E-state index contributed by atoms with van der Waals surface area (Å²) in [6.07, 6.45) is 17.9. The molecule has 0 saturated heterocycles. The number of nitrogens with zero attached hydrogens (tertiary/aromatic N) is 1. The molecule has 0 radical (unpaired) electrons. The molecule has 0 bridgehead atoms. The van der Waals surface area contributed by atoms with Crippen molar-refractivity contribution in [3.63, 3.8) is 0 Å². The summed E-state index contributed by atoms with van der Waals surface area (Å²) in [6, 6.07) is 8.63. The summed E-state index contributed by atoms with van der Waals surface area (Å²) in [6.45, 7) is 8.93. The first-order chi connectivity index (χ1) is 13.4. The minimum Gasteiger partial charge on any atom is -0.378 e. The van der Waals surface area contributed by atoms with Crippen molar-refractivity contribution in [3.05, 3.63) is 106 Å². The molecule has 0 fully saturated rings. The van der Waals surface area contributed by atoms with Crippen molar-refractivity contribution < 1.29 is 0 Å². The molecule has 1 aromatic carbocycles. The lowest BCUT2D eigenvalue weighted by atomic mass is 9.91. The predicted molar refractivity (Wildman–Crippen MR) is 124 cm³/mol. The Hall–Kier alpha value is -2.80. The van der Waals surface area contributed by atoms with Gasteiger partial charge in [0.15, 0.2) is 0 Å². The van der Waals surface area contributed by atoms with Gasteiger partial charge >= 0.3 is 0 Å². The molecule has 144 valence electrons. The van der Waals surface area contributed by atoms with E-state index in [-0.39, 0.29) is 0 Å². The Morgan fingerprint density at radius 3 is 2.29 bits per heavy atom. The lowest BCUT2D eigenvalue weighted by Crippen LogP contribution is -2.07. The van der Waals surface area contributed by atoms with Crippen molar-refractivity contribution in [3.8, 4) is 0 Å². The van der Waals surface area contributed by atoms with Gasteiger partial charge in [0.1, 0.15) is 0 Å². The normalized spacial score (nSPS) is 23.1. The molecule has 1 heteroatoms. The van der Waals surface area contributed by atoms with Crippen molar-refractivity contribution in [1.29, 1.82) is 0 Å². The van der Waals surface area contributed by atoms with E-state index < -0.39 is 0 Å². The fraction of sp³-hybridized carbons (Fsp3) is 0.259. The zero-order valence-corrected chi connectivity index (χ0v) is 18.0. The van der Waals surface area contributed by atoms with Gasteiger partial charge in [-0.05, 0) is 70.9 Å². The highest BCUT2D eigenvalue weighted by atomic mass is 15.1. The number of anilines is 1. The molecular weight excluding hydrogens is 338 g/mol. The van der Waals surface area contributed by atoms with Crippen molar-refractivity contribution in [2.75, 3.05) is 19.0 Å². The summed E-state index contributed by atoms with van der Waals surface area (Å²) in [4.78, 5) is 2.12. The largest absolute Gasteiger partial charge is 0.378 e. The third kappa shape index (κ3) is 4.36. The topological polar surface area (TPSA) is 3.24 Å². The van der Waals surface area contributed by atoms with E-state index in [4.69, 9.17) is 0 Å². The summed E-state index contributed by atoms with van der Waals surface area (Å²) >= 11 is 0. The lowest BCUT2D eigenvalue weighted by molar-refractivity contribution is 0.790. The van der Waals surface area contributed by atoms with Gasteiger partial charge in [0, 0.05) is 19.8 Å². The highest BCUT2D eigenvalue weighted by molar-refractivity contribution is 5.70. The van der Waals surface area contributed by atoms with E-state index in [2.05, 4.69) is 120 Å². The maximum atomic E-state index is 2.36. The van der Waals surface area contributed by atoms with Crippen molar-refractivity contribution in [1.82, 2.24) is 0 Å². The first kappa shape index (κ1) is 19.9. The minimum absolute atomic E-state index is 0.516. The molecule has 1 nitrogen and oxygen atoms in total. The minimum atomic E-state index is 0.516. The molecule has 0 amide bonds. The third-order valence-electron chi connectivity index (χ3n) is 5.34. The van der Waals surface area contributed by atoms with Crippen LogP contribution in [0.3, 0.4) is 0 Å². The summed E-state index contributed by atoms with van der Waals surface area (Å²) in [5.74, 6) is 0.516. The number of benzene rings is 1. The van der Waals surface area contributed by atoms with Crippen LogP contribution < -0.4 is 4.90 Å². The second kappa shape index (κ2) is 8.48. The predicted octanol–water partition coefficient (Wildman–Crippen LogP) is 7.05. The second-order valence-corrected chi connectivity index (χ2v) is 8.09. The van der Waals surface area contributed by atoms with E-state index >= 15 is 0 Å². The van der Waals surface area contributed by atoms with E-state index in [1.165, 1.54) is 44.7 Å². The highest BCUT2D eigenvalue weighted by Gasteiger charge is 2.20. The van der Waals surface area contributed by atoms with Gasteiger partial charge in [-0.2, -0.15) is 0 Å². The summed E-state index contributed by atoms with van der Waals surface area (Å²) in [5, 5.41) is 0. The molecule has 1 aromatic rings. The van der Waals surface area contributed by atoms with Crippen LogP contribution in [-0.2, 0) is 0 Å². The number of rotatable bonds is 4. The fourth-order valence-electron chi connectivity index (χ4n) is 3.60. The molecule has 0 N–H and O–H groups in total. The SMILES string of the molecule is CC1=C/C(=C/C=C/c2ccc(N(C)C)cc2)C2=C1\C=C(C(C)C)/C=C\C=C/2C. The van der Waals surface area contributed by atoms with Crippen LogP contribution in [0, 0.1) is 5.92 Å². The standard InChI is InChI=1S/C27H31N/c1-19(2)23-11-7-9-20(3)27-24(17-21(4)26(27)18-23)12-8-10-22-13-15-25(16-14-22)28(5)6/h7-19H,1-6H3/b9-7?,10-8+,11-7-,20-9-,23-11?,23-18+,24-12-,26-18?,27-20?. The molecule has 3 rings (SSSR count). The fourth-order valence-corrected chi connectivity index (χ4v) is 3.60. The molecule has 0 unspecified atom stereocenters. The molecule has 0 heterocycles. The Morgan fingerprint density at radius 1 is 0.929 bits per heavy atom.